The van der Waals surface area contributed by atoms with E-state index in [-0.39, 0.29) is 11.6 Å². The minimum Gasteiger partial charge on any atom is -0.486 e. The van der Waals surface area contributed by atoms with Crippen molar-refractivity contribution in [3.05, 3.63) is 32.7 Å². The number of aryl methyl sites for hydroxylation is 1. The highest BCUT2D eigenvalue weighted by molar-refractivity contribution is 9.10. The number of ether oxygens (including phenoxy) is 2. The number of hydrogen-bond acceptors (Lipinski definition) is 5. The summed E-state index contributed by atoms with van der Waals surface area (Å²) < 4.78 is 12.0. The Bertz CT molecular complexity index is 782. The Hall–Kier alpha value is -1.40. The third-order valence-electron chi connectivity index (χ3n) is 3.62. The molecule has 0 atom stereocenters. The molecule has 1 aliphatic heterocycles. The van der Waals surface area contributed by atoms with E-state index in [0.717, 1.165) is 32.8 Å². The summed E-state index contributed by atoms with van der Waals surface area (Å²) in [5.41, 5.74) is 2.65. The summed E-state index contributed by atoms with van der Waals surface area (Å²) in [5.74, 6) is 0.594. The molecule has 0 bridgehead atoms. The van der Waals surface area contributed by atoms with Gasteiger partial charge < -0.3 is 9.47 Å². The van der Waals surface area contributed by atoms with Crippen LogP contribution in [0.5, 0.6) is 5.75 Å². The van der Waals surface area contributed by atoms with E-state index >= 15 is 0 Å². The largest absolute Gasteiger partial charge is 0.486 e. The van der Waals surface area contributed by atoms with Crippen LogP contribution in [0.25, 0.3) is 10.6 Å². The first kappa shape index (κ1) is 16.5. The van der Waals surface area contributed by atoms with Crippen LogP contribution in [0.3, 0.4) is 0 Å². The van der Waals surface area contributed by atoms with E-state index < -0.39 is 0 Å². The summed E-state index contributed by atoms with van der Waals surface area (Å²) in [4.78, 5) is 17.1. The maximum Gasteiger partial charge on any atom is 0.350 e. The molecular formula is C17H18BrNO3S. The molecule has 6 heteroatoms. The van der Waals surface area contributed by atoms with Crippen molar-refractivity contribution in [2.45, 2.75) is 39.7 Å². The van der Waals surface area contributed by atoms with Crippen molar-refractivity contribution < 1.29 is 14.3 Å². The van der Waals surface area contributed by atoms with Crippen LogP contribution in [0.1, 0.15) is 41.7 Å². The zero-order chi connectivity index (χ0) is 16.8. The lowest BCUT2D eigenvalue weighted by molar-refractivity contribution is 0.0531. The molecule has 2 heterocycles. The molecule has 1 aliphatic rings. The van der Waals surface area contributed by atoms with Gasteiger partial charge in [0.15, 0.2) is 0 Å². The molecule has 0 N–H and O–H groups in total. The van der Waals surface area contributed by atoms with Crippen LogP contribution in [0, 0.1) is 6.92 Å². The number of halogens is 1. The summed E-state index contributed by atoms with van der Waals surface area (Å²) in [7, 11) is 0. The number of nitrogens with zero attached hydrogens (tertiary/aromatic N) is 1. The van der Waals surface area contributed by atoms with E-state index in [1.54, 1.807) is 6.92 Å². The summed E-state index contributed by atoms with van der Waals surface area (Å²) in [6.45, 7) is 8.15. The van der Waals surface area contributed by atoms with E-state index in [1.165, 1.54) is 11.3 Å². The van der Waals surface area contributed by atoms with Gasteiger partial charge in [0.1, 0.15) is 21.2 Å². The van der Waals surface area contributed by atoms with Gasteiger partial charge in [-0.05, 0) is 61.3 Å². The van der Waals surface area contributed by atoms with Crippen molar-refractivity contribution in [1.29, 1.82) is 0 Å². The minimum absolute atomic E-state index is 0.196. The molecule has 0 fully saturated rings. The first-order valence-electron chi connectivity index (χ1n) is 7.47. The second kappa shape index (κ2) is 5.91. The second-order valence-electron chi connectivity index (χ2n) is 6.14. The molecule has 23 heavy (non-hydrogen) atoms. The Balaban J connectivity index is 2.00. The third kappa shape index (κ3) is 3.15. The van der Waals surface area contributed by atoms with Gasteiger partial charge in [0.25, 0.3) is 0 Å². The number of rotatable bonds is 3. The van der Waals surface area contributed by atoms with E-state index in [9.17, 15) is 4.79 Å². The van der Waals surface area contributed by atoms with Crippen LogP contribution in [-0.2, 0) is 11.2 Å². The van der Waals surface area contributed by atoms with Gasteiger partial charge in [0.2, 0.25) is 0 Å². The predicted molar refractivity (Wildman–Crippen MR) is 94.4 cm³/mol. The highest BCUT2D eigenvalue weighted by atomic mass is 79.9. The van der Waals surface area contributed by atoms with Crippen LogP contribution in [0.15, 0.2) is 16.6 Å². The smallest absolute Gasteiger partial charge is 0.350 e. The highest BCUT2D eigenvalue weighted by Crippen LogP contribution is 2.43. The number of benzene rings is 1. The van der Waals surface area contributed by atoms with Crippen LogP contribution >= 0.6 is 27.3 Å². The zero-order valence-corrected chi connectivity index (χ0v) is 15.9. The Morgan fingerprint density at radius 3 is 2.91 bits per heavy atom. The fourth-order valence-electron chi connectivity index (χ4n) is 2.70. The lowest BCUT2D eigenvalue weighted by Crippen LogP contribution is -2.24. The summed E-state index contributed by atoms with van der Waals surface area (Å²) in [5, 5.41) is 0.818. The molecule has 0 saturated carbocycles. The first-order valence-corrected chi connectivity index (χ1v) is 9.08. The van der Waals surface area contributed by atoms with E-state index in [0.29, 0.717) is 17.2 Å². The molecule has 3 rings (SSSR count). The lowest BCUT2D eigenvalue weighted by Gasteiger charge is -2.17. The molecule has 1 aromatic heterocycles. The van der Waals surface area contributed by atoms with Gasteiger partial charge in [-0.15, -0.1) is 11.3 Å². The molecule has 0 amide bonds. The number of carbonyl (C=O) groups excluding carboxylic acids is 1. The standard InChI is InChI=1S/C17H18BrNO3S/c1-5-21-16(20)14-9(2)19-15(23-14)10-6-11-8-17(3,4)22-13(11)12(18)7-10/h6-7H,5,8H2,1-4H3. The Labute approximate surface area is 148 Å². The van der Waals surface area contributed by atoms with Crippen molar-refractivity contribution in [3.63, 3.8) is 0 Å². The Kier molecular flexibility index (Phi) is 4.23. The average molecular weight is 396 g/mol. The van der Waals surface area contributed by atoms with E-state index in [1.807, 2.05) is 13.0 Å². The van der Waals surface area contributed by atoms with Crippen molar-refractivity contribution in [2.24, 2.45) is 0 Å². The van der Waals surface area contributed by atoms with Crippen molar-refractivity contribution >= 4 is 33.2 Å². The predicted octanol–water partition coefficient (Wildman–Crippen LogP) is 4.77. The van der Waals surface area contributed by atoms with Gasteiger partial charge in [-0.2, -0.15) is 0 Å². The molecular weight excluding hydrogens is 378 g/mol. The first-order chi connectivity index (χ1) is 10.8. The van der Waals surface area contributed by atoms with Crippen LogP contribution in [0.2, 0.25) is 0 Å². The number of carbonyl (C=O) groups is 1. The van der Waals surface area contributed by atoms with Crippen LogP contribution in [0.4, 0.5) is 0 Å². The Morgan fingerprint density at radius 1 is 1.48 bits per heavy atom. The monoisotopic (exact) mass is 395 g/mol. The summed E-state index contributed by atoms with van der Waals surface area (Å²) in [6.07, 6.45) is 0.851. The zero-order valence-electron chi connectivity index (χ0n) is 13.5. The number of hydrogen-bond donors (Lipinski definition) is 0. The number of fused-ring (bicyclic) bond motifs is 1. The quantitative estimate of drug-likeness (QED) is 0.702. The average Bonchev–Trinajstić information content (AvgIpc) is 2.98. The number of aromatic nitrogens is 1. The molecule has 0 radical (unpaired) electrons. The summed E-state index contributed by atoms with van der Waals surface area (Å²) >= 11 is 4.95. The van der Waals surface area contributed by atoms with Crippen molar-refractivity contribution in [3.8, 4) is 16.3 Å². The maximum absolute atomic E-state index is 12.0. The SMILES string of the molecule is CCOC(=O)c1sc(-c2cc(Br)c3c(c2)CC(C)(C)O3)nc1C. The van der Waals surface area contributed by atoms with Gasteiger partial charge in [-0.25, -0.2) is 9.78 Å². The molecule has 0 saturated heterocycles. The molecule has 0 aliphatic carbocycles. The van der Waals surface area contributed by atoms with Gasteiger partial charge in [0, 0.05) is 12.0 Å². The third-order valence-corrected chi connectivity index (χ3v) is 5.40. The van der Waals surface area contributed by atoms with Crippen molar-refractivity contribution in [1.82, 2.24) is 4.98 Å². The Morgan fingerprint density at radius 2 is 2.22 bits per heavy atom. The second-order valence-corrected chi connectivity index (χ2v) is 7.99. The van der Waals surface area contributed by atoms with Gasteiger partial charge in [-0.1, -0.05) is 0 Å². The van der Waals surface area contributed by atoms with Crippen LogP contribution < -0.4 is 4.74 Å². The van der Waals surface area contributed by atoms with Crippen molar-refractivity contribution in [2.75, 3.05) is 6.61 Å². The molecule has 2 aromatic rings. The topological polar surface area (TPSA) is 48.4 Å². The molecule has 0 spiro atoms. The van der Waals surface area contributed by atoms with Gasteiger partial charge in [0.05, 0.1) is 16.8 Å². The fourth-order valence-corrected chi connectivity index (χ4v) is 4.23. The molecule has 122 valence electrons. The fraction of sp³-hybridized carbons (Fsp3) is 0.412. The van der Waals surface area contributed by atoms with E-state index in [2.05, 4.69) is 40.8 Å². The number of esters is 1. The molecule has 1 aromatic carbocycles. The maximum atomic E-state index is 12.0. The minimum atomic E-state index is -0.307. The molecule has 4 nitrogen and oxygen atoms in total. The normalized spacial score (nSPS) is 15.2. The van der Waals surface area contributed by atoms with E-state index in [4.69, 9.17) is 9.47 Å². The summed E-state index contributed by atoms with van der Waals surface area (Å²) in [6, 6.07) is 4.09. The lowest BCUT2D eigenvalue weighted by atomic mass is 10.0. The van der Waals surface area contributed by atoms with Crippen LogP contribution in [-0.4, -0.2) is 23.2 Å². The highest BCUT2D eigenvalue weighted by Gasteiger charge is 2.32. The van der Waals surface area contributed by atoms with Gasteiger partial charge in [-0.3, -0.25) is 0 Å². The number of thiazole rings is 1. The van der Waals surface area contributed by atoms with Gasteiger partial charge >= 0.3 is 5.97 Å². The molecule has 0 unspecified atom stereocenters.